The fourth-order valence-electron chi connectivity index (χ4n) is 4.14. The van der Waals surface area contributed by atoms with E-state index in [4.69, 9.17) is 9.47 Å². The van der Waals surface area contributed by atoms with E-state index in [1.54, 1.807) is 54.3 Å². The van der Waals surface area contributed by atoms with Crippen molar-refractivity contribution in [3.05, 3.63) is 59.0 Å². The van der Waals surface area contributed by atoms with Crippen LogP contribution in [0.5, 0.6) is 5.75 Å². The Hall–Kier alpha value is -4.41. The van der Waals surface area contributed by atoms with Gasteiger partial charge in [-0.25, -0.2) is 9.78 Å². The monoisotopic (exact) mass is 493 g/mol. The number of rotatable bonds is 5. The van der Waals surface area contributed by atoms with E-state index in [9.17, 15) is 19.2 Å². The van der Waals surface area contributed by atoms with Crippen molar-refractivity contribution >= 4 is 35.6 Å². The predicted molar refractivity (Wildman–Crippen MR) is 130 cm³/mol. The fraction of sp³-hybridized carbons (Fsp3) is 0.320. The number of nitrogens with zero attached hydrogens (tertiary/aromatic N) is 3. The molecule has 0 spiro atoms. The third kappa shape index (κ3) is 5.14. The number of benzene rings is 1. The molecule has 2 N–H and O–H groups in total. The zero-order valence-electron chi connectivity index (χ0n) is 20.2. The summed E-state index contributed by atoms with van der Waals surface area (Å²) < 4.78 is 10.3. The highest BCUT2D eigenvalue weighted by molar-refractivity contribution is 6.06. The van der Waals surface area contributed by atoms with Crippen molar-refractivity contribution in [1.82, 2.24) is 20.5 Å². The molecule has 3 aliphatic rings. The third-order valence-corrected chi connectivity index (χ3v) is 5.99. The number of carbonyl (C=O) groups excluding carboxylic acids is 4. The SMILES string of the molecule is CO/C(=C\c1cccc(N2CCCC2=O)n1)C1NC(=O)NC1=O.COc1ccc2c(c1)C(=O)N(C)C2. The van der Waals surface area contributed by atoms with Gasteiger partial charge in [-0.3, -0.25) is 24.6 Å². The number of pyridine rings is 1. The van der Waals surface area contributed by atoms with Crippen molar-refractivity contribution in [2.24, 2.45) is 0 Å². The Balaban J connectivity index is 0.000000197. The number of nitrogens with one attached hydrogen (secondary N) is 2. The summed E-state index contributed by atoms with van der Waals surface area (Å²) in [6, 6.07) is 9.44. The zero-order chi connectivity index (χ0) is 25.8. The molecule has 1 aromatic heterocycles. The van der Waals surface area contributed by atoms with Gasteiger partial charge in [0.05, 0.1) is 19.9 Å². The summed E-state index contributed by atoms with van der Waals surface area (Å²) in [7, 11) is 4.82. The van der Waals surface area contributed by atoms with Gasteiger partial charge in [0.2, 0.25) is 5.91 Å². The molecule has 0 radical (unpaired) electrons. The van der Waals surface area contributed by atoms with E-state index in [1.165, 1.54) is 7.11 Å². The topological polar surface area (TPSA) is 130 Å². The molecule has 5 amide bonds. The van der Waals surface area contributed by atoms with Crippen LogP contribution >= 0.6 is 0 Å². The normalized spacial score (nSPS) is 19.0. The van der Waals surface area contributed by atoms with Crippen molar-refractivity contribution in [2.75, 3.05) is 32.7 Å². The van der Waals surface area contributed by atoms with Gasteiger partial charge in [-0.05, 0) is 36.2 Å². The Labute approximate surface area is 208 Å². The van der Waals surface area contributed by atoms with Gasteiger partial charge in [-0.15, -0.1) is 0 Å². The van der Waals surface area contributed by atoms with E-state index in [0.717, 1.165) is 23.3 Å². The first-order valence-corrected chi connectivity index (χ1v) is 11.4. The largest absolute Gasteiger partial charge is 0.498 e. The Morgan fingerprint density at radius 3 is 2.58 bits per heavy atom. The standard InChI is InChI=1S/C15H16N4O4.C10H11NO2/c1-23-10(13-14(21)18-15(22)17-13)8-9-4-2-5-11(16-9)19-7-3-6-12(19)20;1-11-6-7-3-4-8(13-2)5-9(7)10(11)12/h2,4-5,8,13H,3,6-7H2,1H3,(H2,17,18,21,22);3-5H,6H2,1-2H3/b10-8-;. The number of hydrogen-bond donors (Lipinski definition) is 2. The molecule has 4 heterocycles. The Morgan fingerprint density at radius 2 is 1.94 bits per heavy atom. The molecule has 2 saturated heterocycles. The lowest BCUT2D eigenvalue weighted by Crippen LogP contribution is -2.31. The Kier molecular flexibility index (Phi) is 7.18. The summed E-state index contributed by atoms with van der Waals surface area (Å²) in [5.74, 6) is 1.22. The predicted octanol–water partition coefficient (Wildman–Crippen LogP) is 1.68. The highest BCUT2D eigenvalue weighted by atomic mass is 16.5. The third-order valence-electron chi connectivity index (χ3n) is 5.99. The van der Waals surface area contributed by atoms with Gasteiger partial charge in [-0.1, -0.05) is 12.1 Å². The minimum Gasteiger partial charge on any atom is -0.498 e. The number of imide groups is 1. The van der Waals surface area contributed by atoms with Crippen LogP contribution < -0.4 is 20.3 Å². The second kappa shape index (κ2) is 10.5. The lowest BCUT2D eigenvalue weighted by Gasteiger charge is -2.15. The molecule has 0 aliphatic carbocycles. The number of hydrogen-bond acceptors (Lipinski definition) is 7. The molecule has 0 saturated carbocycles. The lowest BCUT2D eigenvalue weighted by atomic mass is 10.1. The van der Waals surface area contributed by atoms with Gasteiger partial charge in [0.15, 0.2) is 6.04 Å². The van der Waals surface area contributed by atoms with Gasteiger partial charge in [0.1, 0.15) is 17.3 Å². The molecule has 11 nitrogen and oxygen atoms in total. The number of amides is 5. The van der Waals surface area contributed by atoms with E-state index in [2.05, 4.69) is 15.6 Å². The second-order valence-corrected chi connectivity index (χ2v) is 8.40. The number of carbonyl (C=O) groups is 4. The van der Waals surface area contributed by atoms with Crippen molar-refractivity contribution in [3.63, 3.8) is 0 Å². The molecule has 3 aliphatic heterocycles. The number of anilines is 1. The van der Waals surface area contributed by atoms with Gasteiger partial charge >= 0.3 is 6.03 Å². The van der Waals surface area contributed by atoms with Crippen LogP contribution in [0.4, 0.5) is 10.6 Å². The van der Waals surface area contributed by atoms with E-state index in [1.807, 2.05) is 12.1 Å². The first-order chi connectivity index (χ1) is 17.3. The average molecular weight is 494 g/mol. The summed E-state index contributed by atoms with van der Waals surface area (Å²) in [5, 5.41) is 4.61. The van der Waals surface area contributed by atoms with Crippen LogP contribution in [-0.2, 0) is 20.9 Å². The summed E-state index contributed by atoms with van der Waals surface area (Å²) in [6.07, 6.45) is 2.91. The van der Waals surface area contributed by atoms with Crippen molar-refractivity contribution < 1.29 is 28.7 Å². The first-order valence-electron chi connectivity index (χ1n) is 11.4. The van der Waals surface area contributed by atoms with Crippen LogP contribution in [0.15, 0.2) is 42.2 Å². The number of ether oxygens (including phenoxy) is 2. The smallest absolute Gasteiger partial charge is 0.322 e. The summed E-state index contributed by atoms with van der Waals surface area (Å²) in [6.45, 7) is 1.36. The van der Waals surface area contributed by atoms with Crippen molar-refractivity contribution in [3.8, 4) is 5.75 Å². The Morgan fingerprint density at radius 1 is 1.14 bits per heavy atom. The molecule has 188 valence electrons. The molecule has 1 unspecified atom stereocenters. The summed E-state index contributed by atoms with van der Waals surface area (Å²) in [4.78, 5) is 54.0. The molecule has 36 heavy (non-hydrogen) atoms. The summed E-state index contributed by atoms with van der Waals surface area (Å²) in [5.41, 5.74) is 2.38. The number of methoxy groups -OCH3 is 2. The average Bonchev–Trinajstić information content (AvgIpc) is 3.54. The maximum atomic E-state index is 11.8. The minimum atomic E-state index is -0.883. The second-order valence-electron chi connectivity index (χ2n) is 8.40. The molecule has 5 rings (SSSR count). The van der Waals surface area contributed by atoms with Crippen molar-refractivity contribution in [1.29, 1.82) is 0 Å². The highest BCUT2D eigenvalue weighted by Crippen LogP contribution is 2.25. The maximum absolute atomic E-state index is 11.8. The highest BCUT2D eigenvalue weighted by Gasteiger charge is 2.33. The fourth-order valence-corrected chi connectivity index (χ4v) is 4.14. The van der Waals surface area contributed by atoms with Gasteiger partial charge in [0.25, 0.3) is 11.8 Å². The molecule has 11 heteroatoms. The van der Waals surface area contributed by atoms with E-state index >= 15 is 0 Å². The van der Waals surface area contributed by atoms with Crippen molar-refractivity contribution in [2.45, 2.75) is 25.4 Å². The van der Waals surface area contributed by atoms with Crippen LogP contribution in [0.25, 0.3) is 6.08 Å². The number of urea groups is 1. The molecule has 0 bridgehead atoms. The zero-order valence-corrected chi connectivity index (χ0v) is 20.2. The van der Waals surface area contributed by atoms with Gasteiger partial charge in [0, 0.05) is 38.2 Å². The number of fused-ring (bicyclic) bond motifs is 1. The van der Waals surface area contributed by atoms with Crippen LogP contribution in [0.1, 0.15) is 34.5 Å². The van der Waals surface area contributed by atoms with Crippen LogP contribution in [-0.4, -0.2) is 67.5 Å². The first kappa shape index (κ1) is 24.7. The lowest BCUT2D eigenvalue weighted by molar-refractivity contribution is -0.120. The van der Waals surface area contributed by atoms with E-state index < -0.39 is 18.0 Å². The van der Waals surface area contributed by atoms with Crippen LogP contribution in [0.2, 0.25) is 0 Å². The molecular weight excluding hydrogens is 466 g/mol. The molecule has 1 atom stereocenters. The molecular formula is C25H27N5O6. The van der Waals surface area contributed by atoms with E-state index in [0.29, 0.717) is 31.0 Å². The van der Waals surface area contributed by atoms with Crippen LogP contribution in [0.3, 0.4) is 0 Å². The van der Waals surface area contributed by atoms with Gasteiger partial charge < -0.3 is 19.7 Å². The minimum absolute atomic E-state index is 0.0491. The molecule has 2 fully saturated rings. The van der Waals surface area contributed by atoms with Crippen LogP contribution in [0, 0.1) is 0 Å². The Bertz CT molecular complexity index is 1240. The molecule has 2 aromatic rings. The molecule has 1 aromatic carbocycles. The maximum Gasteiger partial charge on any atom is 0.322 e. The summed E-state index contributed by atoms with van der Waals surface area (Å²) >= 11 is 0. The van der Waals surface area contributed by atoms with Gasteiger partial charge in [-0.2, -0.15) is 0 Å². The number of aromatic nitrogens is 1. The van der Waals surface area contributed by atoms with E-state index in [-0.39, 0.29) is 17.6 Å². The quantitative estimate of drug-likeness (QED) is 0.479.